The van der Waals surface area contributed by atoms with Crippen molar-refractivity contribution in [2.45, 2.75) is 44.9 Å². The molecule has 0 bridgehead atoms. The molecule has 1 aliphatic rings. The van der Waals surface area contributed by atoms with Gasteiger partial charge in [0.15, 0.2) is 0 Å². The number of hydrogen-bond donors (Lipinski definition) is 1. The molecule has 5 nitrogen and oxygen atoms in total. The molecule has 1 N–H and O–H groups in total. The van der Waals surface area contributed by atoms with Crippen LogP contribution in [0.2, 0.25) is 0 Å². The molecule has 0 radical (unpaired) electrons. The first kappa shape index (κ1) is 13.8. The van der Waals surface area contributed by atoms with Crippen molar-refractivity contribution >= 4 is 5.91 Å². The number of pyridine rings is 1. The molecular weight excluding hydrogens is 244 g/mol. The molecule has 2 unspecified atom stereocenters. The van der Waals surface area contributed by atoms with Crippen LogP contribution < -0.4 is 10.9 Å². The van der Waals surface area contributed by atoms with Crippen LogP contribution in [0.1, 0.15) is 26.2 Å². The zero-order valence-corrected chi connectivity index (χ0v) is 11.2. The number of nitrogens with zero attached hydrogens (tertiary/aromatic N) is 1. The summed E-state index contributed by atoms with van der Waals surface area (Å²) >= 11 is 0. The predicted molar refractivity (Wildman–Crippen MR) is 71.9 cm³/mol. The highest BCUT2D eigenvalue weighted by Crippen LogP contribution is 2.15. The molecule has 0 aromatic carbocycles. The molecule has 2 rings (SSSR count). The first-order chi connectivity index (χ1) is 9.16. The van der Waals surface area contributed by atoms with Gasteiger partial charge in [-0.3, -0.25) is 9.59 Å². The van der Waals surface area contributed by atoms with E-state index in [1.807, 2.05) is 6.92 Å². The van der Waals surface area contributed by atoms with Gasteiger partial charge in [0.1, 0.15) is 0 Å². The van der Waals surface area contributed by atoms with Gasteiger partial charge in [-0.1, -0.05) is 6.07 Å². The minimum Gasteiger partial charge on any atom is -0.376 e. The van der Waals surface area contributed by atoms with E-state index in [9.17, 15) is 9.59 Å². The van der Waals surface area contributed by atoms with Gasteiger partial charge >= 0.3 is 0 Å². The normalized spacial score (nSPS) is 20.2. The maximum Gasteiger partial charge on any atom is 0.250 e. The van der Waals surface area contributed by atoms with Crippen molar-refractivity contribution in [3.05, 3.63) is 34.7 Å². The number of aryl methyl sites for hydroxylation is 1. The van der Waals surface area contributed by atoms with E-state index in [0.29, 0.717) is 13.0 Å². The summed E-state index contributed by atoms with van der Waals surface area (Å²) in [7, 11) is 0. The lowest BCUT2D eigenvalue weighted by molar-refractivity contribution is -0.122. The zero-order chi connectivity index (χ0) is 13.7. The van der Waals surface area contributed by atoms with Crippen molar-refractivity contribution in [2.75, 3.05) is 6.61 Å². The highest BCUT2D eigenvalue weighted by atomic mass is 16.5. The standard InChI is InChI=1S/C14H20N2O3/c1-11(12-5-4-10-19-12)15-13(17)7-9-16-8-3-2-6-14(16)18/h2-3,6,8,11-12H,4-5,7,9-10H2,1H3,(H,15,17). The van der Waals surface area contributed by atoms with Crippen LogP contribution >= 0.6 is 0 Å². The molecule has 1 amide bonds. The molecule has 0 saturated carbocycles. The minimum absolute atomic E-state index is 0.0301. The molecule has 2 atom stereocenters. The monoisotopic (exact) mass is 264 g/mol. The Hall–Kier alpha value is -1.62. The number of carbonyl (C=O) groups is 1. The molecule has 19 heavy (non-hydrogen) atoms. The van der Waals surface area contributed by atoms with Crippen LogP contribution in [0.25, 0.3) is 0 Å². The molecule has 104 valence electrons. The zero-order valence-electron chi connectivity index (χ0n) is 11.2. The third kappa shape index (κ3) is 3.92. The van der Waals surface area contributed by atoms with Crippen LogP contribution in [0.5, 0.6) is 0 Å². The number of ether oxygens (including phenoxy) is 1. The summed E-state index contributed by atoms with van der Waals surface area (Å²) in [6.07, 6.45) is 4.19. The van der Waals surface area contributed by atoms with Crippen LogP contribution in [0.3, 0.4) is 0 Å². The van der Waals surface area contributed by atoms with Gasteiger partial charge in [-0.05, 0) is 25.8 Å². The molecule has 1 aromatic rings. The van der Waals surface area contributed by atoms with E-state index in [1.165, 1.54) is 10.6 Å². The topological polar surface area (TPSA) is 60.3 Å². The van der Waals surface area contributed by atoms with Crippen LogP contribution in [0, 0.1) is 0 Å². The molecule has 2 heterocycles. The summed E-state index contributed by atoms with van der Waals surface area (Å²) in [5.74, 6) is -0.0428. The second-order valence-corrected chi connectivity index (χ2v) is 4.89. The third-order valence-corrected chi connectivity index (χ3v) is 3.39. The molecule has 0 spiro atoms. The maximum atomic E-state index is 11.8. The second kappa shape index (κ2) is 6.52. The van der Waals surface area contributed by atoms with E-state index in [1.54, 1.807) is 18.3 Å². The van der Waals surface area contributed by atoms with E-state index in [-0.39, 0.29) is 23.6 Å². The Bertz CT molecular complexity index is 478. The van der Waals surface area contributed by atoms with E-state index >= 15 is 0 Å². The Labute approximate surface area is 112 Å². The first-order valence-electron chi connectivity index (χ1n) is 6.73. The van der Waals surface area contributed by atoms with E-state index in [2.05, 4.69) is 5.32 Å². The van der Waals surface area contributed by atoms with Gasteiger partial charge in [0.2, 0.25) is 5.91 Å². The van der Waals surface area contributed by atoms with Gasteiger partial charge in [-0.2, -0.15) is 0 Å². The Balaban J connectivity index is 1.78. The smallest absolute Gasteiger partial charge is 0.250 e. The third-order valence-electron chi connectivity index (χ3n) is 3.39. The van der Waals surface area contributed by atoms with Crippen molar-refractivity contribution in [2.24, 2.45) is 0 Å². The van der Waals surface area contributed by atoms with Gasteiger partial charge < -0.3 is 14.6 Å². The number of amides is 1. The summed E-state index contributed by atoms with van der Waals surface area (Å²) in [6.45, 7) is 3.15. The predicted octanol–water partition coefficient (Wildman–Crippen LogP) is 0.922. The molecule has 5 heteroatoms. The Kier molecular flexibility index (Phi) is 4.74. The number of rotatable bonds is 5. The van der Waals surface area contributed by atoms with Crippen LogP contribution in [0.4, 0.5) is 0 Å². The molecule has 1 aliphatic heterocycles. The highest BCUT2D eigenvalue weighted by Gasteiger charge is 2.23. The molecule has 1 aromatic heterocycles. The fourth-order valence-corrected chi connectivity index (χ4v) is 2.28. The minimum atomic E-state index is -0.0810. The van der Waals surface area contributed by atoms with Gasteiger partial charge in [0.05, 0.1) is 12.1 Å². The SMILES string of the molecule is CC(NC(=O)CCn1ccccc1=O)C1CCCO1. The lowest BCUT2D eigenvalue weighted by Gasteiger charge is -2.20. The largest absolute Gasteiger partial charge is 0.376 e. The number of carbonyl (C=O) groups excluding carboxylic acids is 1. The van der Waals surface area contributed by atoms with E-state index < -0.39 is 0 Å². The molecule has 1 fully saturated rings. The van der Waals surface area contributed by atoms with E-state index in [4.69, 9.17) is 4.74 Å². The lowest BCUT2D eigenvalue weighted by atomic mass is 10.1. The highest BCUT2D eigenvalue weighted by molar-refractivity contribution is 5.76. The Morgan fingerprint density at radius 2 is 2.42 bits per heavy atom. The number of hydrogen-bond acceptors (Lipinski definition) is 3. The summed E-state index contributed by atoms with van der Waals surface area (Å²) in [5, 5.41) is 2.93. The van der Waals surface area contributed by atoms with Crippen LogP contribution in [-0.2, 0) is 16.1 Å². The second-order valence-electron chi connectivity index (χ2n) is 4.89. The van der Waals surface area contributed by atoms with Gasteiger partial charge in [0.25, 0.3) is 5.56 Å². The van der Waals surface area contributed by atoms with Crippen molar-refractivity contribution in [1.82, 2.24) is 9.88 Å². The summed E-state index contributed by atoms with van der Waals surface area (Å²) in [6, 6.07) is 5.00. The van der Waals surface area contributed by atoms with Crippen molar-refractivity contribution in [3.8, 4) is 0 Å². The Morgan fingerprint density at radius 1 is 1.58 bits per heavy atom. The van der Waals surface area contributed by atoms with Crippen LogP contribution in [-0.4, -0.2) is 29.2 Å². The fourth-order valence-electron chi connectivity index (χ4n) is 2.28. The van der Waals surface area contributed by atoms with Crippen molar-refractivity contribution in [3.63, 3.8) is 0 Å². The molecular formula is C14H20N2O3. The Morgan fingerprint density at radius 3 is 3.11 bits per heavy atom. The van der Waals surface area contributed by atoms with Gasteiger partial charge in [-0.15, -0.1) is 0 Å². The molecule has 1 saturated heterocycles. The summed E-state index contributed by atoms with van der Waals surface area (Å²) < 4.78 is 7.07. The van der Waals surface area contributed by atoms with Gasteiger partial charge in [-0.25, -0.2) is 0 Å². The maximum absolute atomic E-state index is 11.8. The fraction of sp³-hybridized carbons (Fsp3) is 0.571. The summed E-state index contributed by atoms with van der Waals surface area (Å²) in [5.41, 5.74) is -0.0810. The average Bonchev–Trinajstić information content (AvgIpc) is 2.91. The summed E-state index contributed by atoms with van der Waals surface area (Å²) in [4.78, 5) is 23.3. The number of aromatic nitrogens is 1. The molecule has 0 aliphatic carbocycles. The first-order valence-corrected chi connectivity index (χ1v) is 6.73. The number of nitrogens with one attached hydrogen (secondary N) is 1. The van der Waals surface area contributed by atoms with Crippen molar-refractivity contribution in [1.29, 1.82) is 0 Å². The average molecular weight is 264 g/mol. The van der Waals surface area contributed by atoms with Gasteiger partial charge in [0, 0.05) is 31.8 Å². The quantitative estimate of drug-likeness (QED) is 0.860. The lowest BCUT2D eigenvalue weighted by Crippen LogP contribution is -2.41. The van der Waals surface area contributed by atoms with Crippen molar-refractivity contribution < 1.29 is 9.53 Å². The van der Waals surface area contributed by atoms with E-state index in [0.717, 1.165) is 19.4 Å². The van der Waals surface area contributed by atoms with Crippen LogP contribution in [0.15, 0.2) is 29.2 Å².